The molecule has 0 aromatic heterocycles. The molecule has 13 heteroatoms. The molecule has 3 heterocycles. The number of nitrogens with zero attached hydrogens (tertiary/aromatic N) is 5. The van der Waals surface area contributed by atoms with E-state index in [0.717, 1.165) is 81.7 Å². The van der Waals surface area contributed by atoms with Gasteiger partial charge in [-0.2, -0.15) is 10.3 Å². The van der Waals surface area contributed by atoms with Crippen LogP contribution in [-0.2, 0) is 14.3 Å². The number of amides is 4. The summed E-state index contributed by atoms with van der Waals surface area (Å²) >= 11 is 0. The van der Waals surface area contributed by atoms with Crippen LogP contribution in [0.3, 0.4) is 0 Å². The largest absolute Gasteiger partial charge is 0.468 e. The highest BCUT2D eigenvalue weighted by Crippen LogP contribution is 2.36. The standard InChI is InChI=1S/C33H38F2N6O5/c1-45-20-27-29(31(42)46-2)30(22-7-8-25(34)26(35)17-22)41(33(44)38-27)32(43)37-19-21-9-13-39(14-10-21)24-11-15-40(16-12-24)28-6-4-3-5-23(28)18-36/h3-8,17,21,24,29-30H,9-16,19-20H2,1-2H3,(H,37,43). The average molecular weight is 637 g/mol. The predicted octanol–water partition coefficient (Wildman–Crippen LogP) is 4.28. The molecule has 0 spiro atoms. The maximum atomic E-state index is 14.3. The maximum absolute atomic E-state index is 14.3. The summed E-state index contributed by atoms with van der Waals surface area (Å²) in [5.41, 5.74) is 1.73. The first-order chi connectivity index (χ1) is 22.2. The zero-order chi connectivity index (χ0) is 32.8. The van der Waals surface area contributed by atoms with Crippen LogP contribution < -0.4 is 10.2 Å². The van der Waals surface area contributed by atoms with Gasteiger partial charge < -0.3 is 24.6 Å². The second-order valence-electron chi connectivity index (χ2n) is 11.8. The third-order valence-electron chi connectivity index (χ3n) is 9.19. The highest BCUT2D eigenvalue weighted by atomic mass is 19.2. The Bertz CT molecular complexity index is 1510. The first-order valence-electron chi connectivity index (χ1n) is 15.4. The number of hydrogen-bond acceptors (Lipinski definition) is 8. The fourth-order valence-electron chi connectivity index (χ4n) is 6.76. The molecule has 3 aliphatic rings. The van der Waals surface area contributed by atoms with E-state index >= 15 is 0 Å². The fourth-order valence-corrected chi connectivity index (χ4v) is 6.76. The van der Waals surface area contributed by atoms with Gasteiger partial charge in [-0.05, 0) is 74.5 Å². The molecule has 5 rings (SSSR count). The lowest BCUT2D eigenvalue weighted by atomic mass is 9.86. The number of methoxy groups -OCH3 is 2. The number of para-hydroxylation sites is 1. The van der Waals surface area contributed by atoms with Crippen molar-refractivity contribution in [3.63, 3.8) is 0 Å². The predicted molar refractivity (Wildman–Crippen MR) is 165 cm³/mol. The van der Waals surface area contributed by atoms with Crippen molar-refractivity contribution in [1.82, 2.24) is 15.1 Å². The first-order valence-corrected chi connectivity index (χ1v) is 15.4. The Hall–Kier alpha value is -4.41. The van der Waals surface area contributed by atoms with Crippen molar-refractivity contribution in [3.8, 4) is 6.07 Å². The van der Waals surface area contributed by atoms with Gasteiger partial charge in [0.05, 0.1) is 36.7 Å². The van der Waals surface area contributed by atoms with Crippen LogP contribution in [-0.4, -0.2) is 93.1 Å². The quantitative estimate of drug-likeness (QED) is 0.426. The fraction of sp³-hybridized carbons (Fsp3) is 0.485. The van der Waals surface area contributed by atoms with E-state index in [1.165, 1.54) is 13.2 Å². The van der Waals surface area contributed by atoms with E-state index in [9.17, 15) is 28.4 Å². The Morgan fingerprint density at radius 3 is 2.39 bits per heavy atom. The molecule has 3 aliphatic heterocycles. The molecule has 244 valence electrons. The Morgan fingerprint density at radius 2 is 1.74 bits per heavy atom. The summed E-state index contributed by atoms with van der Waals surface area (Å²) in [6.45, 7) is 3.59. The van der Waals surface area contributed by atoms with Crippen molar-refractivity contribution in [2.75, 3.05) is 58.5 Å². The van der Waals surface area contributed by atoms with Gasteiger partial charge in [-0.1, -0.05) is 18.2 Å². The topological polar surface area (TPSA) is 128 Å². The molecule has 0 bridgehead atoms. The van der Waals surface area contributed by atoms with E-state index < -0.39 is 41.6 Å². The van der Waals surface area contributed by atoms with Crippen LogP contribution in [0.2, 0.25) is 0 Å². The lowest BCUT2D eigenvalue weighted by molar-refractivity contribution is -0.144. The Morgan fingerprint density at radius 1 is 1.02 bits per heavy atom. The van der Waals surface area contributed by atoms with Crippen molar-refractivity contribution in [3.05, 3.63) is 65.2 Å². The van der Waals surface area contributed by atoms with Gasteiger partial charge in [0.1, 0.15) is 12.0 Å². The van der Waals surface area contributed by atoms with Crippen LogP contribution in [0.5, 0.6) is 0 Å². The number of halogens is 2. The molecule has 46 heavy (non-hydrogen) atoms. The van der Waals surface area contributed by atoms with E-state index in [0.29, 0.717) is 18.2 Å². The lowest BCUT2D eigenvalue weighted by Crippen LogP contribution is -2.54. The molecular weight excluding hydrogens is 598 g/mol. The Balaban J connectivity index is 1.21. The number of carbonyl (C=O) groups excluding carboxylic acids is 3. The van der Waals surface area contributed by atoms with Crippen molar-refractivity contribution in [2.24, 2.45) is 16.8 Å². The highest BCUT2D eigenvalue weighted by Gasteiger charge is 2.47. The number of nitriles is 1. The molecule has 2 atom stereocenters. The molecule has 4 amide bonds. The number of anilines is 1. The van der Waals surface area contributed by atoms with Crippen LogP contribution in [0, 0.1) is 34.8 Å². The van der Waals surface area contributed by atoms with Crippen LogP contribution in [0.4, 0.5) is 24.1 Å². The van der Waals surface area contributed by atoms with Gasteiger partial charge in [-0.15, -0.1) is 0 Å². The van der Waals surface area contributed by atoms with Crippen molar-refractivity contribution in [2.45, 2.75) is 37.8 Å². The van der Waals surface area contributed by atoms with Gasteiger partial charge in [0.15, 0.2) is 11.6 Å². The molecule has 2 aromatic carbocycles. The third-order valence-corrected chi connectivity index (χ3v) is 9.19. The van der Waals surface area contributed by atoms with Crippen LogP contribution in [0.1, 0.15) is 42.9 Å². The summed E-state index contributed by atoms with van der Waals surface area (Å²) in [6.07, 6.45) is 3.69. The van der Waals surface area contributed by atoms with Crippen molar-refractivity contribution >= 4 is 29.4 Å². The molecule has 2 fully saturated rings. The second kappa shape index (κ2) is 14.8. The van der Waals surface area contributed by atoms with E-state index in [1.807, 2.05) is 24.3 Å². The number of likely N-dealkylation sites (tertiary alicyclic amines) is 1. The molecular formula is C33H38F2N6O5. The number of piperidine rings is 2. The minimum absolute atomic E-state index is 0.0191. The van der Waals surface area contributed by atoms with Crippen LogP contribution in [0.15, 0.2) is 47.5 Å². The summed E-state index contributed by atoms with van der Waals surface area (Å²) < 4.78 is 38.2. The van der Waals surface area contributed by atoms with Gasteiger partial charge in [0.25, 0.3) is 0 Å². The molecule has 2 saturated heterocycles. The summed E-state index contributed by atoms with van der Waals surface area (Å²) in [7, 11) is 2.51. The summed E-state index contributed by atoms with van der Waals surface area (Å²) in [4.78, 5) is 49.2. The first kappa shape index (κ1) is 33.0. The van der Waals surface area contributed by atoms with E-state index in [4.69, 9.17) is 9.47 Å². The minimum atomic E-state index is -1.33. The molecule has 0 aliphatic carbocycles. The smallest absolute Gasteiger partial charge is 0.352 e. The van der Waals surface area contributed by atoms with Gasteiger partial charge >= 0.3 is 18.0 Å². The molecule has 0 radical (unpaired) electrons. The Labute approximate surface area is 266 Å². The number of ether oxygens (including phenoxy) is 2. The number of nitrogens with one attached hydrogen (secondary N) is 1. The van der Waals surface area contributed by atoms with Crippen LogP contribution >= 0.6 is 0 Å². The van der Waals surface area contributed by atoms with Crippen molar-refractivity contribution in [1.29, 1.82) is 5.26 Å². The maximum Gasteiger partial charge on any atom is 0.352 e. The van der Waals surface area contributed by atoms with Gasteiger partial charge in [-0.3, -0.25) is 4.79 Å². The van der Waals surface area contributed by atoms with E-state index in [2.05, 4.69) is 26.2 Å². The number of hydrogen-bond donors (Lipinski definition) is 1. The molecule has 2 aromatic rings. The SMILES string of the molecule is COCC1=NC(=O)N(C(=O)NCC2CCN(C3CCN(c4ccccc4C#N)CC3)CC2)C(c2ccc(F)c(F)c2)C1C(=O)OC. The number of benzene rings is 2. The number of esters is 1. The normalized spacial score (nSPS) is 21.5. The van der Waals surface area contributed by atoms with Gasteiger partial charge in [0, 0.05) is 32.8 Å². The highest BCUT2D eigenvalue weighted by molar-refractivity contribution is 6.12. The molecule has 0 saturated carbocycles. The minimum Gasteiger partial charge on any atom is -0.468 e. The number of urea groups is 2. The summed E-state index contributed by atoms with van der Waals surface area (Å²) in [6, 6.07) is 10.3. The van der Waals surface area contributed by atoms with Gasteiger partial charge in [-0.25, -0.2) is 23.3 Å². The third kappa shape index (κ3) is 7.03. The summed E-state index contributed by atoms with van der Waals surface area (Å²) in [5, 5.41) is 12.3. The second-order valence-corrected chi connectivity index (χ2v) is 11.8. The monoisotopic (exact) mass is 636 g/mol. The zero-order valence-electron chi connectivity index (χ0n) is 26.0. The van der Waals surface area contributed by atoms with Gasteiger partial charge in [0.2, 0.25) is 0 Å². The van der Waals surface area contributed by atoms with Crippen molar-refractivity contribution < 1.29 is 32.6 Å². The Kier molecular flexibility index (Phi) is 10.6. The molecule has 2 unspecified atom stereocenters. The summed E-state index contributed by atoms with van der Waals surface area (Å²) in [5.74, 6) is -4.21. The number of aliphatic imine (C=N–C) groups is 1. The van der Waals surface area contributed by atoms with E-state index in [-0.39, 0.29) is 23.8 Å². The number of rotatable bonds is 8. The number of imide groups is 1. The number of carbonyl (C=O) groups is 3. The van der Waals surface area contributed by atoms with E-state index in [1.54, 1.807) is 0 Å². The lowest BCUT2D eigenvalue weighted by Gasteiger charge is -2.42. The molecule has 11 nitrogen and oxygen atoms in total. The van der Waals surface area contributed by atoms with Crippen LogP contribution in [0.25, 0.3) is 0 Å². The average Bonchev–Trinajstić information content (AvgIpc) is 3.08. The molecule has 1 N–H and O–H groups in total. The zero-order valence-corrected chi connectivity index (χ0v) is 26.0.